The van der Waals surface area contributed by atoms with Crippen molar-refractivity contribution in [1.82, 2.24) is 0 Å². The molecule has 0 heterocycles. The standard InChI is InChI=1S/C20H22O7S/c1-3-25-20(22)17-11-7-13-18(16(17)12-8-14-26-28(2,23)24)27-19(21)15-9-5-4-6-10-15/h4-7,9-11,13H,3,8,12,14H2,1-2H3. The van der Waals surface area contributed by atoms with Crippen LogP contribution in [0.3, 0.4) is 0 Å². The monoisotopic (exact) mass is 406 g/mol. The van der Waals surface area contributed by atoms with Crippen molar-refractivity contribution in [2.45, 2.75) is 19.8 Å². The summed E-state index contributed by atoms with van der Waals surface area (Å²) in [5.41, 5.74) is 1.09. The fourth-order valence-corrected chi connectivity index (χ4v) is 2.93. The number of rotatable bonds is 9. The summed E-state index contributed by atoms with van der Waals surface area (Å²) >= 11 is 0. The van der Waals surface area contributed by atoms with Gasteiger partial charge in [-0.25, -0.2) is 9.59 Å². The molecule has 0 bridgehead atoms. The van der Waals surface area contributed by atoms with E-state index in [1.54, 1.807) is 55.5 Å². The molecule has 0 atom stereocenters. The zero-order valence-corrected chi connectivity index (χ0v) is 16.5. The van der Waals surface area contributed by atoms with Gasteiger partial charge in [0.05, 0.1) is 30.6 Å². The maximum atomic E-state index is 12.4. The van der Waals surface area contributed by atoms with E-state index >= 15 is 0 Å². The van der Waals surface area contributed by atoms with Gasteiger partial charge in [0.25, 0.3) is 10.1 Å². The normalized spacial score (nSPS) is 11.1. The summed E-state index contributed by atoms with van der Waals surface area (Å²) in [6.07, 6.45) is 1.54. The predicted octanol–water partition coefficient (Wildman–Crippen LogP) is 2.99. The highest BCUT2D eigenvalue weighted by atomic mass is 32.2. The first-order valence-corrected chi connectivity index (χ1v) is 10.5. The summed E-state index contributed by atoms with van der Waals surface area (Å²) in [5.74, 6) is -0.881. The van der Waals surface area contributed by atoms with Crippen LogP contribution < -0.4 is 4.74 Å². The van der Waals surface area contributed by atoms with Crippen molar-refractivity contribution >= 4 is 22.1 Å². The summed E-state index contributed by atoms with van der Waals surface area (Å²) in [6, 6.07) is 13.2. The number of esters is 2. The quantitative estimate of drug-likeness (QED) is 0.273. The Morgan fingerprint density at radius 2 is 1.68 bits per heavy atom. The van der Waals surface area contributed by atoms with Crippen molar-refractivity contribution in [2.24, 2.45) is 0 Å². The van der Waals surface area contributed by atoms with Gasteiger partial charge in [-0.2, -0.15) is 8.42 Å². The molecule has 0 aromatic heterocycles. The number of ether oxygens (including phenoxy) is 2. The Bertz CT molecular complexity index is 921. The first-order valence-electron chi connectivity index (χ1n) is 8.72. The van der Waals surface area contributed by atoms with Gasteiger partial charge in [-0.3, -0.25) is 4.18 Å². The van der Waals surface area contributed by atoms with E-state index in [1.807, 2.05) is 0 Å². The third-order valence-electron chi connectivity index (χ3n) is 3.71. The van der Waals surface area contributed by atoms with Gasteiger partial charge in [-0.15, -0.1) is 0 Å². The molecule has 0 spiro atoms. The lowest BCUT2D eigenvalue weighted by Crippen LogP contribution is -2.14. The molecule has 0 fully saturated rings. The molecule has 2 rings (SSSR count). The average Bonchev–Trinajstić information content (AvgIpc) is 2.66. The number of hydrogen-bond donors (Lipinski definition) is 0. The van der Waals surface area contributed by atoms with Crippen LogP contribution in [0.4, 0.5) is 0 Å². The molecule has 28 heavy (non-hydrogen) atoms. The number of hydrogen-bond acceptors (Lipinski definition) is 7. The van der Waals surface area contributed by atoms with Gasteiger partial charge in [0, 0.05) is 5.56 Å². The maximum Gasteiger partial charge on any atom is 0.343 e. The second kappa shape index (κ2) is 10.0. The molecule has 0 amide bonds. The molecular weight excluding hydrogens is 384 g/mol. The molecule has 2 aromatic carbocycles. The fraction of sp³-hybridized carbons (Fsp3) is 0.300. The van der Waals surface area contributed by atoms with Crippen molar-refractivity contribution < 1.29 is 31.7 Å². The van der Waals surface area contributed by atoms with Crippen molar-refractivity contribution in [1.29, 1.82) is 0 Å². The van der Waals surface area contributed by atoms with Crippen LogP contribution in [0.2, 0.25) is 0 Å². The Morgan fingerprint density at radius 3 is 2.32 bits per heavy atom. The van der Waals surface area contributed by atoms with Crippen LogP contribution in [0.25, 0.3) is 0 Å². The second-order valence-electron chi connectivity index (χ2n) is 5.89. The van der Waals surface area contributed by atoms with Crippen LogP contribution in [0.5, 0.6) is 5.75 Å². The highest BCUT2D eigenvalue weighted by Crippen LogP contribution is 2.26. The van der Waals surface area contributed by atoms with Crippen LogP contribution in [0.1, 0.15) is 39.6 Å². The zero-order chi connectivity index (χ0) is 20.6. The van der Waals surface area contributed by atoms with Gasteiger partial charge in [0.15, 0.2) is 0 Å². The molecule has 0 saturated carbocycles. The average molecular weight is 406 g/mol. The van der Waals surface area contributed by atoms with E-state index in [0.29, 0.717) is 17.5 Å². The van der Waals surface area contributed by atoms with Gasteiger partial charge in [0.2, 0.25) is 0 Å². The second-order valence-corrected chi connectivity index (χ2v) is 7.53. The smallest absolute Gasteiger partial charge is 0.343 e. The van der Waals surface area contributed by atoms with Crippen molar-refractivity contribution in [2.75, 3.05) is 19.5 Å². The zero-order valence-electron chi connectivity index (χ0n) is 15.7. The molecule has 0 N–H and O–H groups in total. The third-order valence-corrected chi connectivity index (χ3v) is 4.30. The highest BCUT2D eigenvalue weighted by molar-refractivity contribution is 7.85. The van der Waals surface area contributed by atoms with E-state index in [9.17, 15) is 18.0 Å². The summed E-state index contributed by atoms with van der Waals surface area (Å²) in [4.78, 5) is 24.7. The number of benzene rings is 2. The molecule has 0 unspecified atom stereocenters. The lowest BCUT2D eigenvalue weighted by Gasteiger charge is -2.14. The minimum atomic E-state index is -3.56. The Hall–Kier alpha value is -2.71. The highest BCUT2D eigenvalue weighted by Gasteiger charge is 2.19. The van der Waals surface area contributed by atoms with Crippen LogP contribution in [-0.2, 0) is 25.5 Å². The van der Waals surface area contributed by atoms with E-state index in [0.717, 1.165) is 6.26 Å². The summed E-state index contributed by atoms with van der Waals surface area (Å²) in [7, 11) is -3.56. The Labute approximate surface area is 164 Å². The molecule has 150 valence electrons. The van der Waals surface area contributed by atoms with Gasteiger partial charge < -0.3 is 9.47 Å². The SMILES string of the molecule is CCOC(=O)c1cccc(OC(=O)c2ccccc2)c1CCCOS(C)(=O)=O. The molecule has 0 saturated heterocycles. The third kappa shape index (κ3) is 6.47. The van der Waals surface area contributed by atoms with E-state index in [1.165, 1.54) is 0 Å². The number of carbonyl (C=O) groups excluding carboxylic acids is 2. The topological polar surface area (TPSA) is 96.0 Å². The maximum absolute atomic E-state index is 12.4. The molecule has 7 nitrogen and oxygen atoms in total. The van der Waals surface area contributed by atoms with Crippen molar-refractivity contribution in [3.63, 3.8) is 0 Å². The first kappa shape index (κ1) is 21.6. The van der Waals surface area contributed by atoms with Gasteiger partial charge in [0.1, 0.15) is 5.75 Å². The van der Waals surface area contributed by atoms with Crippen LogP contribution >= 0.6 is 0 Å². The molecule has 0 aliphatic rings. The van der Waals surface area contributed by atoms with Crippen LogP contribution in [0, 0.1) is 0 Å². The van der Waals surface area contributed by atoms with Gasteiger partial charge >= 0.3 is 11.9 Å². The van der Waals surface area contributed by atoms with Crippen LogP contribution in [0.15, 0.2) is 48.5 Å². The first-order chi connectivity index (χ1) is 13.3. The molecule has 0 radical (unpaired) electrons. The van der Waals surface area contributed by atoms with E-state index in [4.69, 9.17) is 13.7 Å². The predicted molar refractivity (Wildman–Crippen MR) is 103 cm³/mol. The van der Waals surface area contributed by atoms with E-state index < -0.39 is 22.1 Å². The minimum absolute atomic E-state index is 0.0535. The van der Waals surface area contributed by atoms with E-state index in [2.05, 4.69) is 0 Å². The lowest BCUT2D eigenvalue weighted by atomic mass is 10.0. The Kier molecular flexibility index (Phi) is 7.71. The molecule has 8 heteroatoms. The molecule has 0 aliphatic heterocycles. The van der Waals surface area contributed by atoms with E-state index in [-0.39, 0.29) is 30.9 Å². The molecule has 0 aliphatic carbocycles. The largest absolute Gasteiger partial charge is 0.462 e. The lowest BCUT2D eigenvalue weighted by molar-refractivity contribution is 0.0522. The van der Waals surface area contributed by atoms with Crippen molar-refractivity contribution in [3.05, 3.63) is 65.2 Å². The van der Waals surface area contributed by atoms with Crippen molar-refractivity contribution in [3.8, 4) is 5.75 Å². The number of carbonyl (C=O) groups is 2. The summed E-state index contributed by atoms with van der Waals surface area (Å²) in [5, 5.41) is 0. The summed E-state index contributed by atoms with van der Waals surface area (Å²) in [6.45, 7) is 1.84. The Balaban J connectivity index is 2.26. The minimum Gasteiger partial charge on any atom is -0.462 e. The van der Waals surface area contributed by atoms with Gasteiger partial charge in [-0.05, 0) is 44.0 Å². The van der Waals surface area contributed by atoms with Crippen LogP contribution in [-0.4, -0.2) is 39.8 Å². The Morgan fingerprint density at radius 1 is 0.964 bits per heavy atom. The fourth-order valence-electron chi connectivity index (χ4n) is 2.51. The molecule has 2 aromatic rings. The summed E-state index contributed by atoms with van der Waals surface area (Å²) < 4.78 is 37.5. The molecular formula is C20H22O7S. The van der Waals surface area contributed by atoms with Gasteiger partial charge in [-0.1, -0.05) is 24.3 Å².